The Bertz CT molecular complexity index is 686. The predicted octanol–water partition coefficient (Wildman–Crippen LogP) is 3.68. The average Bonchev–Trinajstić information content (AvgIpc) is 2.72. The number of aromatic nitrogens is 2. The van der Waals surface area contributed by atoms with Gasteiger partial charge in [0, 0.05) is 5.56 Å². The molecule has 0 spiro atoms. The quantitative estimate of drug-likeness (QED) is 0.673. The Morgan fingerprint density at radius 1 is 1.12 bits per heavy atom. The SMILES string of the molecule is Cc1ccccc1-c1nc2ccc(F)cc2[nH]1. The van der Waals surface area contributed by atoms with Crippen LogP contribution in [0, 0.1) is 12.7 Å². The minimum absolute atomic E-state index is 0.252. The lowest BCUT2D eigenvalue weighted by Crippen LogP contribution is -1.83. The van der Waals surface area contributed by atoms with Gasteiger partial charge >= 0.3 is 0 Å². The molecule has 0 aliphatic rings. The number of hydrogen-bond donors (Lipinski definition) is 1. The van der Waals surface area contributed by atoms with Crippen molar-refractivity contribution in [1.29, 1.82) is 0 Å². The summed E-state index contributed by atoms with van der Waals surface area (Å²) in [6, 6.07) is 12.6. The molecule has 2 nitrogen and oxygen atoms in total. The molecule has 0 amide bonds. The van der Waals surface area contributed by atoms with E-state index in [2.05, 4.69) is 9.97 Å². The Morgan fingerprint density at radius 3 is 2.76 bits per heavy atom. The molecule has 0 radical (unpaired) electrons. The van der Waals surface area contributed by atoms with Crippen LogP contribution in [-0.2, 0) is 0 Å². The van der Waals surface area contributed by atoms with Gasteiger partial charge in [-0.05, 0) is 30.7 Å². The third-order valence-corrected chi connectivity index (χ3v) is 2.84. The van der Waals surface area contributed by atoms with E-state index in [9.17, 15) is 4.39 Å². The number of benzene rings is 2. The molecular formula is C14H11FN2. The van der Waals surface area contributed by atoms with Gasteiger partial charge in [0.05, 0.1) is 11.0 Å². The van der Waals surface area contributed by atoms with E-state index in [-0.39, 0.29) is 5.82 Å². The number of H-pyrrole nitrogens is 1. The number of rotatable bonds is 1. The Morgan fingerprint density at radius 2 is 1.94 bits per heavy atom. The van der Waals surface area contributed by atoms with E-state index in [1.807, 2.05) is 31.2 Å². The first kappa shape index (κ1) is 10.0. The zero-order chi connectivity index (χ0) is 11.8. The van der Waals surface area contributed by atoms with Crippen molar-refractivity contribution in [2.75, 3.05) is 0 Å². The molecule has 3 rings (SSSR count). The molecule has 0 atom stereocenters. The molecule has 0 saturated heterocycles. The van der Waals surface area contributed by atoms with Crippen LogP contribution in [0.2, 0.25) is 0 Å². The standard InChI is InChI=1S/C14H11FN2/c1-9-4-2-3-5-11(9)14-16-12-7-6-10(15)8-13(12)17-14/h2-8H,1H3,(H,16,17). The van der Waals surface area contributed by atoms with Gasteiger partial charge in [-0.2, -0.15) is 0 Å². The molecule has 1 heterocycles. The van der Waals surface area contributed by atoms with Crippen LogP contribution in [0.3, 0.4) is 0 Å². The van der Waals surface area contributed by atoms with Crippen LogP contribution < -0.4 is 0 Å². The molecule has 3 aromatic rings. The van der Waals surface area contributed by atoms with Gasteiger partial charge in [-0.25, -0.2) is 9.37 Å². The zero-order valence-electron chi connectivity index (χ0n) is 9.37. The first-order chi connectivity index (χ1) is 8.24. The monoisotopic (exact) mass is 226 g/mol. The van der Waals surface area contributed by atoms with E-state index in [0.717, 1.165) is 28.0 Å². The maximum absolute atomic E-state index is 13.1. The Hall–Kier alpha value is -2.16. The van der Waals surface area contributed by atoms with E-state index >= 15 is 0 Å². The Balaban J connectivity index is 2.22. The first-order valence-electron chi connectivity index (χ1n) is 5.45. The number of aromatic amines is 1. The minimum atomic E-state index is -0.252. The third-order valence-electron chi connectivity index (χ3n) is 2.84. The van der Waals surface area contributed by atoms with E-state index in [1.54, 1.807) is 6.07 Å². The topological polar surface area (TPSA) is 28.7 Å². The van der Waals surface area contributed by atoms with Crippen molar-refractivity contribution in [3.8, 4) is 11.4 Å². The molecular weight excluding hydrogens is 215 g/mol. The summed E-state index contributed by atoms with van der Waals surface area (Å²) in [7, 11) is 0. The molecule has 17 heavy (non-hydrogen) atoms. The molecule has 0 aliphatic carbocycles. The average molecular weight is 226 g/mol. The maximum atomic E-state index is 13.1. The summed E-state index contributed by atoms with van der Waals surface area (Å²) < 4.78 is 13.1. The van der Waals surface area contributed by atoms with Crippen LogP contribution in [0.1, 0.15) is 5.56 Å². The van der Waals surface area contributed by atoms with E-state index in [1.165, 1.54) is 12.1 Å². The summed E-state index contributed by atoms with van der Waals surface area (Å²) in [5.41, 5.74) is 3.70. The lowest BCUT2D eigenvalue weighted by atomic mass is 10.1. The van der Waals surface area contributed by atoms with E-state index < -0.39 is 0 Å². The molecule has 2 aromatic carbocycles. The molecule has 1 N–H and O–H groups in total. The van der Waals surface area contributed by atoms with Crippen LogP contribution in [-0.4, -0.2) is 9.97 Å². The minimum Gasteiger partial charge on any atom is -0.338 e. The van der Waals surface area contributed by atoms with Crippen LogP contribution in [0.5, 0.6) is 0 Å². The molecule has 3 heteroatoms. The van der Waals surface area contributed by atoms with Crippen molar-refractivity contribution in [2.24, 2.45) is 0 Å². The van der Waals surface area contributed by atoms with Crippen molar-refractivity contribution >= 4 is 11.0 Å². The summed E-state index contributed by atoms with van der Waals surface area (Å²) in [6.45, 7) is 2.03. The van der Waals surface area contributed by atoms with Gasteiger partial charge < -0.3 is 4.98 Å². The molecule has 0 unspecified atom stereocenters. The number of aryl methyl sites for hydroxylation is 1. The van der Waals surface area contributed by atoms with Crippen LogP contribution in [0.25, 0.3) is 22.4 Å². The van der Waals surface area contributed by atoms with Crippen LogP contribution >= 0.6 is 0 Å². The largest absolute Gasteiger partial charge is 0.338 e. The van der Waals surface area contributed by atoms with Gasteiger partial charge in [0.25, 0.3) is 0 Å². The number of fused-ring (bicyclic) bond motifs is 1. The zero-order valence-corrected chi connectivity index (χ0v) is 9.37. The van der Waals surface area contributed by atoms with Gasteiger partial charge in [0.1, 0.15) is 11.6 Å². The van der Waals surface area contributed by atoms with Gasteiger partial charge in [-0.1, -0.05) is 24.3 Å². The normalized spacial score (nSPS) is 10.9. The summed E-state index contributed by atoms with van der Waals surface area (Å²) >= 11 is 0. The number of hydrogen-bond acceptors (Lipinski definition) is 1. The second-order valence-electron chi connectivity index (χ2n) is 4.06. The van der Waals surface area contributed by atoms with Gasteiger partial charge in [-0.15, -0.1) is 0 Å². The number of halogens is 1. The highest BCUT2D eigenvalue weighted by Gasteiger charge is 2.07. The van der Waals surface area contributed by atoms with E-state index in [0.29, 0.717) is 0 Å². The summed E-state index contributed by atoms with van der Waals surface area (Å²) in [6.07, 6.45) is 0. The fourth-order valence-corrected chi connectivity index (χ4v) is 1.95. The molecule has 0 fully saturated rings. The summed E-state index contributed by atoms with van der Waals surface area (Å²) in [4.78, 5) is 7.61. The summed E-state index contributed by atoms with van der Waals surface area (Å²) in [5.74, 6) is 0.529. The highest BCUT2D eigenvalue weighted by Crippen LogP contribution is 2.23. The van der Waals surface area contributed by atoms with Gasteiger partial charge in [0.15, 0.2) is 0 Å². The van der Waals surface area contributed by atoms with Crippen molar-refractivity contribution < 1.29 is 4.39 Å². The number of nitrogens with one attached hydrogen (secondary N) is 1. The second kappa shape index (κ2) is 3.70. The van der Waals surface area contributed by atoms with Crippen molar-refractivity contribution in [3.63, 3.8) is 0 Å². The first-order valence-corrected chi connectivity index (χ1v) is 5.45. The lowest BCUT2D eigenvalue weighted by Gasteiger charge is -2.00. The van der Waals surface area contributed by atoms with Crippen molar-refractivity contribution in [1.82, 2.24) is 9.97 Å². The predicted molar refractivity (Wildman–Crippen MR) is 66.2 cm³/mol. The smallest absolute Gasteiger partial charge is 0.138 e. The van der Waals surface area contributed by atoms with Crippen molar-refractivity contribution in [3.05, 3.63) is 53.8 Å². The lowest BCUT2D eigenvalue weighted by molar-refractivity contribution is 0.629. The van der Waals surface area contributed by atoms with Gasteiger partial charge in [0.2, 0.25) is 0 Å². The second-order valence-corrected chi connectivity index (χ2v) is 4.06. The highest BCUT2D eigenvalue weighted by molar-refractivity contribution is 5.79. The van der Waals surface area contributed by atoms with Crippen LogP contribution in [0.15, 0.2) is 42.5 Å². The number of imidazole rings is 1. The maximum Gasteiger partial charge on any atom is 0.138 e. The van der Waals surface area contributed by atoms with E-state index in [4.69, 9.17) is 0 Å². The molecule has 0 aliphatic heterocycles. The van der Waals surface area contributed by atoms with Crippen LogP contribution in [0.4, 0.5) is 4.39 Å². The Labute approximate surface area is 98.1 Å². The van der Waals surface area contributed by atoms with Crippen molar-refractivity contribution in [2.45, 2.75) is 6.92 Å². The Kier molecular flexibility index (Phi) is 2.18. The fraction of sp³-hybridized carbons (Fsp3) is 0.0714. The fourth-order valence-electron chi connectivity index (χ4n) is 1.95. The third kappa shape index (κ3) is 1.69. The molecule has 1 aromatic heterocycles. The molecule has 84 valence electrons. The van der Waals surface area contributed by atoms with Gasteiger partial charge in [-0.3, -0.25) is 0 Å². The highest BCUT2D eigenvalue weighted by atomic mass is 19.1. The number of nitrogens with zero attached hydrogens (tertiary/aromatic N) is 1. The molecule has 0 saturated carbocycles. The summed E-state index contributed by atoms with van der Waals surface area (Å²) in [5, 5.41) is 0. The molecule has 0 bridgehead atoms.